The molecule has 130 valence electrons. The number of aromatic nitrogens is 1. The van der Waals surface area contributed by atoms with Gasteiger partial charge in [-0.2, -0.15) is 0 Å². The monoisotopic (exact) mass is 335 g/mol. The topological polar surface area (TPSA) is 64.0 Å². The third-order valence-corrected chi connectivity index (χ3v) is 4.33. The van der Waals surface area contributed by atoms with Gasteiger partial charge in [-0.1, -0.05) is 18.2 Å². The summed E-state index contributed by atoms with van der Waals surface area (Å²) in [7, 11) is 2.09. The molecule has 0 bridgehead atoms. The fraction of sp³-hybridized carbons (Fsp3) is 0.300. The van der Waals surface area contributed by atoms with Crippen molar-refractivity contribution in [3.8, 4) is 0 Å². The number of amidine groups is 1. The van der Waals surface area contributed by atoms with E-state index in [1.54, 1.807) is 0 Å². The van der Waals surface area contributed by atoms with Crippen molar-refractivity contribution in [3.63, 3.8) is 0 Å². The van der Waals surface area contributed by atoms with Gasteiger partial charge in [0.25, 0.3) is 0 Å². The van der Waals surface area contributed by atoms with Crippen LogP contribution < -0.4 is 10.6 Å². The van der Waals surface area contributed by atoms with Crippen LogP contribution in [0.4, 0.5) is 5.69 Å². The van der Waals surface area contributed by atoms with Gasteiger partial charge in [-0.25, -0.2) is 0 Å². The molecule has 2 aromatic rings. The van der Waals surface area contributed by atoms with Crippen molar-refractivity contribution in [3.05, 3.63) is 71.2 Å². The molecule has 1 aliphatic rings. The maximum Gasteiger partial charge on any atom is 0.128 e. The van der Waals surface area contributed by atoms with Gasteiger partial charge in [-0.15, -0.1) is 0 Å². The second-order valence-corrected chi connectivity index (χ2v) is 6.49. The van der Waals surface area contributed by atoms with Crippen LogP contribution in [0.15, 0.2) is 59.9 Å². The largest absolute Gasteiger partial charge is 0.382 e. The molecule has 1 aromatic heterocycles. The number of hydrogen-bond donors (Lipinski definition) is 3. The summed E-state index contributed by atoms with van der Waals surface area (Å²) in [5.74, 6) is 0.459. The van der Waals surface area contributed by atoms with Gasteiger partial charge in [-0.3, -0.25) is 10.4 Å². The number of likely N-dealkylation sites (N-methyl/N-ethyl adjacent to an activating group) is 1. The van der Waals surface area contributed by atoms with Crippen LogP contribution in [0.2, 0.25) is 0 Å². The van der Waals surface area contributed by atoms with Crippen molar-refractivity contribution in [2.45, 2.75) is 19.9 Å². The van der Waals surface area contributed by atoms with Crippen molar-refractivity contribution >= 4 is 11.5 Å². The third-order valence-electron chi connectivity index (χ3n) is 4.33. The molecular weight excluding hydrogens is 310 g/mol. The molecule has 3 N–H and O–H groups in total. The summed E-state index contributed by atoms with van der Waals surface area (Å²) in [6.45, 7) is 4.50. The molecule has 25 heavy (non-hydrogen) atoms. The number of benzene rings is 1. The molecule has 5 nitrogen and oxygen atoms in total. The second kappa shape index (κ2) is 7.94. The molecule has 0 saturated heterocycles. The van der Waals surface area contributed by atoms with Gasteiger partial charge >= 0.3 is 0 Å². The van der Waals surface area contributed by atoms with Gasteiger partial charge in [0, 0.05) is 42.7 Å². The van der Waals surface area contributed by atoms with E-state index in [0.717, 1.165) is 42.2 Å². The number of nitrogens with one attached hydrogen (secondary N) is 3. The van der Waals surface area contributed by atoms with E-state index in [1.165, 1.54) is 5.56 Å². The van der Waals surface area contributed by atoms with E-state index in [1.807, 2.05) is 36.5 Å². The fourth-order valence-electron chi connectivity index (χ4n) is 2.97. The van der Waals surface area contributed by atoms with Crippen LogP contribution in [0.25, 0.3) is 0 Å². The summed E-state index contributed by atoms with van der Waals surface area (Å²) in [6, 6.07) is 14.0. The number of pyridine rings is 1. The average molecular weight is 335 g/mol. The van der Waals surface area contributed by atoms with Gasteiger partial charge < -0.3 is 15.5 Å². The van der Waals surface area contributed by atoms with Crippen LogP contribution in [-0.2, 0) is 6.54 Å². The lowest BCUT2D eigenvalue weighted by molar-refractivity contribution is 0.346. The molecular formula is C20H25N5. The molecule has 1 aromatic carbocycles. The molecule has 2 heterocycles. The summed E-state index contributed by atoms with van der Waals surface area (Å²) in [5, 5.41) is 15.3. The third kappa shape index (κ3) is 4.67. The van der Waals surface area contributed by atoms with Gasteiger partial charge in [0.15, 0.2) is 0 Å². The molecule has 0 spiro atoms. The molecule has 0 unspecified atom stereocenters. The first-order valence-electron chi connectivity index (χ1n) is 8.59. The summed E-state index contributed by atoms with van der Waals surface area (Å²) < 4.78 is 0. The van der Waals surface area contributed by atoms with Crippen molar-refractivity contribution in [2.24, 2.45) is 0 Å². The maximum absolute atomic E-state index is 8.54. The highest BCUT2D eigenvalue weighted by Gasteiger charge is 2.20. The van der Waals surface area contributed by atoms with Crippen LogP contribution in [0.1, 0.15) is 17.7 Å². The van der Waals surface area contributed by atoms with Crippen LogP contribution in [0, 0.1) is 12.3 Å². The molecule has 5 heteroatoms. The Labute approximate surface area is 149 Å². The van der Waals surface area contributed by atoms with E-state index >= 15 is 0 Å². The first-order chi connectivity index (χ1) is 12.1. The van der Waals surface area contributed by atoms with E-state index in [0.29, 0.717) is 12.4 Å². The first-order valence-corrected chi connectivity index (χ1v) is 8.59. The number of rotatable bonds is 5. The normalized spacial score (nSPS) is 15.1. The Bertz CT molecular complexity index is 767. The Hall–Kier alpha value is -2.66. The molecule has 0 saturated carbocycles. The first kappa shape index (κ1) is 17.2. The number of hydrogen-bond acceptors (Lipinski definition) is 4. The predicted octanol–water partition coefficient (Wildman–Crippen LogP) is 3.16. The zero-order valence-electron chi connectivity index (χ0n) is 14.8. The molecule has 3 rings (SSSR count). The molecule has 0 atom stereocenters. The summed E-state index contributed by atoms with van der Waals surface area (Å²) in [5.41, 5.74) is 5.29. The molecule has 1 aliphatic heterocycles. The van der Waals surface area contributed by atoms with Gasteiger partial charge in [-0.05, 0) is 43.8 Å². The average Bonchev–Trinajstić information content (AvgIpc) is 2.61. The van der Waals surface area contributed by atoms with E-state index in [4.69, 9.17) is 5.41 Å². The lowest BCUT2D eigenvalue weighted by Crippen LogP contribution is -2.36. The molecule has 0 fully saturated rings. The lowest BCUT2D eigenvalue weighted by atomic mass is 10.0. The van der Waals surface area contributed by atoms with Crippen molar-refractivity contribution in [1.29, 1.82) is 5.41 Å². The smallest absolute Gasteiger partial charge is 0.128 e. The van der Waals surface area contributed by atoms with Crippen LogP contribution in [-0.4, -0.2) is 35.9 Å². The number of aryl methyl sites for hydroxylation is 1. The quantitative estimate of drug-likeness (QED) is 0.580. The minimum Gasteiger partial charge on any atom is -0.382 e. The lowest BCUT2D eigenvalue weighted by Gasteiger charge is -2.29. The highest BCUT2D eigenvalue weighted by molar-refractivity contribution is 6.06. The number of nitrogens with zero attached hydrogens (tertiary/aromatic N) is 2. The zero-order chi connectivity index (χ0) is 17.6. The minimum atomic E-state index is 0.459. The maximum atomic E-state index is 8.54. The van der Waals surface area contributed by atoms with Crippen molar-refractivity contribution < 1.29 is 0 Å². The van der Waals surface area contributed by atoms with Crippen LogP contribution >= 0.6 is 0 Å². The Kier molecular flexibility index (Phi) is 5.46. The zero-order valence-corrected chi connectivity index (χ0v) is 14.8. The van der Waals surface area contributed by atoms with Crippen molar-refractivity contribution in [2.75, 3.05) is 25.5 Å². The summed E-state index contributed by atoms with van der Waals surface area (Å²) in [4.78, 5) is 6.60. The second-order valence-electron chi connectivity index (χ2n) is 6.49. The highest BCUT2D eigenvalue weighted by atomic mass is 15.1. The van der Waals surface area contributed by atoms with E-state index in [9.17, 15) is 0 Å². The van der Waals surface area contributed by atoms with Gasteiger partial charge in [0.1, 0.15) is 5.84 Å². The van der Waals surface area contributed by atoms with Gasteiger partial charge in [0.05, 0.1) is 12.2 Å². The highest BCUT2D eigenvalue weighted by Crippen LogP contribution is 2.18. The Morgan fingerprint density at radius 1 is 1.24 bits per heavy atom. The standard InChI is InChI=1S/C20H25N5/c1-15-6-5-8-16(12-15)24-20(21)18-14-25(2)11-9-19(18)23-13-17-7-3-4-10-22-17/h3-8,10,12,23H,9,11,13-14H2,1-2H3,(H2,21,24). The fourth-order valence-corrected chi connectivity index (χ4v) is 2.97. The molecule has 0 amide bonds. The summed E-state index contributed by atoms with van der Waals surface area (Å²) >= 11 is 0. The predicted molar refractivity (Wildman–Crippen MR) is 103 cm³/mol. The van der Waals surface area contributed by atoms with Crippen LogP contribution in [0.5, 0.6) is 0 Å². The summed E-state index contributed by atoms with van der Waals surface area (Å²) in [6.07, 6.45) is 2.72. The Morgan fingerprint density at radius 2 is 2.12 bits per heavy atom. The Morgan fingerprint density at radius 3 is 2.88 bits per heavy atom. The van der Waals surface area contributed by atoms with E-state index < -0.39 is 0 Å². The van der Waals surface area contributed by atoms with Crippen molar-refractivity contribution in [1.82, 2.24) is 15.2 Å². The molecule has 0 radical (unpaired) electrons. The van der Waals surface area contributed by atoms with E-state index in [-0.39, 0.29) is 0 Å². The van der Waals surface area contributed by atoms with E-state index in [2.05, 4.69) is 46.6 Å². The molecule has 0 aliphatic carbocycles. The number of anilines is 1. The minimum absolute atomic E-state index is 0.459. The van der Waals surface area contributed by atoms with Gasteiger partial charge in [0.2, 0.25) is 0 Å². The SMILES string of the molecule is Cc1cccc(NC(=N)C2=C(NCc3ccccn3)CCN(C)C2)c1. The Balaban J connectivity index is 1.75. The van der Waals surface area contributed by atoms with Crippen LogP contribution in [0.3, 0.4) is 0 Å².